The Morgan fingerprint density at radius 1 is 0.276 bits per heavy atom. The van der Waals surface area contributed by atoms with E-state index >= 15 is 0 Å². The predicted octanol–water partition coefficient (Wildman–Crippen LogP) is 14.3. The van der Waals surface area contributed by atoms with Gasteiger partial charge in [-0.3, -0.25) is 0 Å². The van der Waals surface area contributed by atoms with Crippen molar-refractivity contribution in [1.82, 2.24) is 8.80 Å². The van der Waals surface area contributed by atoms with Crippen LogP contribution in [0.2, 0.25) is 0 Å². The summed E-state index contributed by atoms with van der Waals surface area (Å²) in [7, 11) is 0. The van der Waals surface area contributed by atoms with E-state index in [1.54, 1.807) is 0 Å². The molecular formula is C56H32N2. The first-order valence-electron chi connectivity index (χ1n) is 20.5. The first kappa shape index (κ1) is 29.8. The molecule has 2 aliphatic carbocycles. The molecule has 13 aromatic rings. The van der Waals surface area contributed by atoms with Crippen molar-refractivity contribution >= 4 is 76.2 Å². The zero-order valence-electron chi connectivity index (χ0n) is 31.4. The Balaban J connectivity index is 1.11. The number of hydrogen-bond donors (Lipinski definition) is 0. The van der Waals surface area contributed by atoms with Crippen molar-refractivity contribution in [2.75, 3.05) is 0 Å². The Bertz CT molecular complexity index is 3640. The van der Waals surface area contributed by atoms with E-state index in [4.69, 9.17) is 0 Å². The predicted molar refractivity (Wildman–Crippen MR) is 241 cm³/mol. The Morgan fingerprint density at radius 3 is 1.10 bits per heavy atom. The molecule has 0 amide bonds. The Hall–Kier alpha value is -7.42. The van der Waals surface area contributed by atoms with Crippen LogP contribution in [0.1, 0.15) is 45.2 Å². The van der Waals surface area contributed by atoms with Gasteiger partial charge in [-0.1, -0.05) is 170 Å². The highest BCUT2D eigenvalue weighted by molar-refractivity contribution is 6.30. The average Bonchev–Trinajstić information content (AvgIpc) is 4.11. The van der Waals surface area contributed by atoms with Gasteiger partial charge in [0.1, 0.15) is 0 Å². The number of nitrogens with zero attached hydrogens (tertiary/aromatic N) is 2. The molecule has 4 heterocycles. The molecule has 0 aliphatic heterocycles. The molecule has 2 nitrogen and oxygen atoms in total. The van der Waals surface area contributed by atoms with Crippen LogP contribution in [0, 0.1) is 0 Å². The molecular weight excluding hydrogens is 701 g/mol. The van der Waals surface area contributed by atoms with Crippen LogP contribution in [0.5, 0.6) is 0 Å². The van der Waals surface area contributed by atoms with Gasteiger partial charge in [0.2, 0.25) is 0 Å². The number of rotatable bonds is 2. The van der Waals surface area contributed by atoms with Gasteiger partial charge in [-0.05, 0) is 67.8 Å². The van der Waals surface area contributed by atoms with Crippen molar-refractivity contribution < 1.29 is 0 Å². The summed E-state index contributed by atoms with van der Waals surface area (Å²) in [4.78, 5) is 0. The lowest BCUT2D eigenvalue weighted by atomic mass is 9.88. The van der Waals surface area contributed by atoms with E-state index in [9.17, 15) is 0 Å². The molecule has 0 fully saturated rings. The van der Waals surface area contributed by atoms with Gasteiger partial charge in [-0.15, -0.1) is 0 Å². The van der Waals surface area contributed by atoms with Crippen molar-refractivity contribution in [3.8, 4) is 22.3 Å². The summed E-state index contributed by atoms with van der Waals surface area (Å²) >= 11 is 0. The second-order valence-corrected chi connectivity index (χ2v) is 16.7. The fourth-order valence-corrected chi connectivity index (χ4v) is 12.0. The molecule has 0 N–H and O–H groups in total. The van der Waals surface area contributed by atoms with Gasteiger partial charge in [-0.2, -0.15) is 0 Å². The molecule has 266 valence electrons. The van der Waals surface area contributed by atoms with E-state index in [0.717, 1.165) is 0 Å². The summed E-state index contributed by atoms with van der Waals surface area (Å²) in [6, 6.07) is 68.9. The summed E-state index contributed by atoms with van der Waals surface area (Å²) < 4.78 is 5.28. The topological polar surface area (TPSA) is 8.82 Å². The Labute approximate surface area is 333 Å². The maximum atomic E-state index is 2.64. The second kappa shape index (κ2) is 10.3. The highest BCUT2D eigenvalue weighted by atomic mass is 14.9. The van der Waals surface area contributed by atoms with Crippen molar-refractivity contribution in [3.63, 3.8) is 0 Å². The molecule has 0 bridgehead atoms. The highest BCUT2D eigenvalue weighted by Gasteiger charge is 2.36. The maximum Gasteiger partial charge on any atom is 0.0620 e. The number of benzene rings is 9. The molecule has 2 heteroatoms. The van der Waals surface area contributed by atoms with Crippen molar-refractivity contribution in [3.05, 3.63) is 215 Å². The highest BCUT2D eigenvalue weighted by Crippen LogP contribution is 2.55. The smallest absolute Gasteiger partial charge is 0.0620 e. The molecule has 4 aromatic heterocycles. The van der Waals surface area contributed by atoms with Gasteiger partial charge in [0.15, 0.2) is 0 Å². The number of para-hydroxylation sites is 2. The molecule has 2 aliphatic rings. The van der Waals surface area contributed by atoms with E-state index in [-0.39, 0.29) is 11.8 Å². The minimum atomic E-state index is 0.156. The molecule has 0 spiro atoms. The largest absolute Gasteiger partial charge is 0.308 e. The molecule has 2 unspecified atom stereocenters. The number of aromatic nitrogens is 2. The van der Waals surface area contributed by atoms with Crippen molar-refractivity contribution in [1.29, 1.82) is 0 Å². The van der Waals surface area contributed by atoms with Crippen LogP contribution < -0.4 is 0 Å². The molecule has 0 saturated heterocycles. The quantitative estimate of drug-likeness (QED) is 0.167. The summed E-state index contributed by atoms with van der Waals surface area (Å²) in [5.41, 5.74) is 21.6. The van der Waals surface area contributed by atoms with Gasteiger partial charge in [0.25, 0.3) is 0 Å². The van der Waals surface area contributed by atoms with Gasteiger partial charge >= 0.3 is 0 Å². The lowest BCUT2D eigenvalue weighted by Gasteiger charge is -2.16. The normalized spacial score (nSPS) is 15.9. The van der Waals surface area contributed by atoms with Gasteiger partial charge < -0.3 is 8.80 Å². The third-order valence-corrected chi connectivity index (χ3v) is 14.1. The summed E-state index contributed by atoms with van der Waals surface area (Å²) in [6.07, 6.45) is 0. The van der Waals surface area contributed by atoms with Crippen LogP contribution in [-0.2, 0) is 0 Å². The van der Waals surface area contributed by atoms with Crippen LogP contribution in [0.4, 0.5) is 0 Å². The third kappa shape index (κ3) is 3.37. The lowest BCUT2D eigenvalue weighted by molar-refractivity contribution is 1.02. The zero-order valence-corrected chi connectivity index (χ0v) is 31.4. The second-order valence-electron chi connectivity index (χ2n) is 16.7. The molecule has 58 heavy (non-hydrogen) atoms. The summed E-state index contributed by atoms with van der Waals surface area (Å²) in [5.74, 6) is 0.312. The maximum absolute atomic E-state index is 2.64. The fourth-order valence-electron chi connectivity index (χ4n) is 12.0. The van der Waals surface area contributed by atoms with Crippen molar-refractivity contribution in [2.45, 2.75) is 11.8 Å². The number of fused-ring (bicyclic) bond motifs is 20. The minimum Gasteiger partial charge on any atom is -0.308 e. The van der Waals surface area contributed by atoms with Crippen LogP contribution in [0.25, 0.3) is 98.4 Å². The Morgan fingerprint density at radius 2 is 0.655 bits per heavy atom. The fraction of sp³-hybridized carbons (Fsp3) is 0.0357. The Kier molecular flexibility index (Phi) is 5.29. The van der Waals surface area contributed by atoms with E-state index in [2.05, 4.69) is 191 Å². The molecule has 9 aromatic carbocycles. The lowest BCUT2D eigenvalue weighted by Crippen LogP contribution is -2.01. The van der Waals surface area contributed by atoms with Crippen LogP contribution >= 0.6 is 0 Å². The van der Waals surface area contributed by atoms with E-state index in [1.165, 1.54) is 132 Å². The average molecular weight is 733 g/mol. The molecule has 2 atom stereocenters. The SMILES string of the molecule is c1ccc(C2c3ccccc3-c3ccc4c5cccc6c7cc8c(cc7n(c4c32)c65)c2cccc3c4ccc5c(c4n8c23)C(c2ccccc2)c2ccccc2-5)cc1. The minimum absolute atomic E-state index is 0.156. The first-order valence-corrected chi connectivity index (χ1v) is 20.5. The van der Waals surface area contributed by atoms with Gasteiger partial charge in [0.05, 0.1) is 33.1 Å². The zero-order chi connectivity index (χ0) is 37.4. The summed E-state index contributed by atoms with van der Waals surface area (Å²) in [6.45, 7) is 0. The van der Waals surface area contributed by atoms with Crippen LogP contribution in [0.15, 0.2) is 182 Å². The van der Waals surface area contributed by atoms with Gasteiger partial charge in [0, 0.05) is 54.9 Å². The van der Waals surface area contributed by atoms with E-state index in [0.29, 0.717) is 0 Å². The first-order chi connectivity index (χ1) is 28.8. The summed E-state index contributed by atoms with van der Waals surface area (Å²) in [5, 5.41) is 10.6. The molecule has 0 radical (unpaired) electrons. The van der Waals surface area contributed by atoms with Crippen molar-refractivity contribution in [2.24, 2.45) is 0 Å². The molecule has 15 rings (SSSR count). The van der Waals surface area contributed by atoms with Crippen LogP contribution in [0.3, 0.4) is 0 Å². The van der Waals surface area contributed by atoms with E-state index < -0.39 is 0 Å². The monoisotopic (exact) mass is 732 g/mol. The van der Waals surface area contributed by atoms with E-state index in [1.807, 2.05) is 0 Å². The molecule has 0 saturated carbocycles. The number of hydrogen-bond acceptors (Lipinski definition) is 0. The standard InChI is InChI=1S/C56H32N2/c1-3-13-31(14-4-1)49-35-19-9-7-17-33(35)37-25-27-43-39-21-11-23-41-45-30-48-46(29-47(45)57(53(39)41)55(43)51(37)49)42-24-12-22-40-44-28-26-38-34-18-8-10-20-36(34)50(32-15-5-2-6-16-32)52(38)56(44)58(48)54(40)42/h1-30,49-50H. The van der Waals surface area contributed by atoms with Gasteiger partial charge in [-0.25, -0.2) is 0 Å². The third-order valence-electron chi connectivity index (χ3n) is 14.1. The van der Waals surface area contributed by atoms with Crippen LogP contribution in [-0.4, -0.2) is 8.80 Å².